The Kier molecular flexibility index (Phi) is 1.66. The minimum Gasteiger partial charge on any atom is -0.465 e. The monoisotopic (exact) mass is 142 g/mol. The number of nitrogens with zero attached hydrogens (tertiary/aromatic N) is 2. The first-order valence-corrected chi connectivity index (χ1v) is 2.71. The Hall–Kier alpha value is -1.39. The van der Waals surface area contributed by atoms with Gasteiger partial charge >= 0.3 is 6.09 Å². The minimum atomic E-state index is -1.14. The summed E-state index contributed by atoms with van der Waals surface area (Å²) in [4.78, 5) is 25.1. The van der Waals surface area contributed by atoms with E-state index in [0.29, 0.717) is 0 Å². The number of ketones is 1. The van der Waals surface area contributed by atoms with E-state index in [-0.39, 0.29) is 18.9 Å². The Morgan fingerprint density at radius 3 is 2.90 bits per heavy atom. The standard InChI is InChI=1S/C5H6N2O3/c8-4-1-6-3-7(2-4)5(9)10/h3H,1-2H2,(H,9,10). The van der Waals surface area contributed by atoms with Crippen molar-refractivity contribution in [3.8, 4) is 0 Å². The Bertz CT molecular complexity index is 199. The van der Waals surface area contributed by atoms with Crippen LogP contribution in [0.5, 0.6) is 0 Å². The van der Waals surface area contributed by atoms with Gasteiger partial charge in [-0.2, -0.15) is 0 Å². The van der Waals surface area contributed by atoms with Gasteiger partial charge in [0.15, 0.2) is 5.78 Å². The molecule has 0 aliphatic carbocycles. The van der Waals surface area contributed by atoms with E-state index in [1.54, 1.807) is 0 Å². The third-order valence-corrected chi connectivity index (χ3v) is 1.08. The van der Waals surface area contributed by atoms with Crippen LogP contribution in [-0.2, 0) is 4.79 Å². The van der Waals surface area contributed by atoms with E-state index in [1.807, 2.05) is 0 Å². The van der Waals surface area contributed by atoms with Crippen LogP contribution in [0.25, 0.3) is 0 Å². The first kappa shape index (κ1) is 6.73. The summed E-state index contributed by atoms with van der Waals surface area (Å²) in [5.74, 6) is -0.176. The molecule has 1 amide bonds. The highest BCUT2D eigenvalue weighted by atomic mass is 16.4. The second-order valence-electron chi connectivity index (χ2n) is 1.91. The molecule has 0 aromatic heterocycles. The lowest BCUT2D eigenvalue weighted by molar-refractivity contribution is -0.118. The fourth-order valence-electron chi connectivity index (χ4n) is 0.639. The minimum absolute atomic E-state index is 0.0706. The normalized spacial score (nSPS) is 17.6. The molecule has 1 aliphatic heterocycles. The van der Waals surface area contributed by atoms with E-state index >= 15 is 0 Å². The van der Waals surface area contributed by atoms with E-state index < -0.39 is 6.09 Å². The topological polar surface area (TPSA) is 70.0 Å². The highest BCUT2D eigenvalue weighted by molar-refractivity contribution is 5.94. The molecule has 0 aromatic carbocycles. The Labute approximate surface area is 57.0 Å². The fourth-order valence-corrected chi connectivity index (χ4v) is 0.639. The molecular formula is C5H6N2O3. The average molecular weight is 142 g/mol. The molecule has 0 spiro atoms. The SMILES string of the molecule is O=C1CN=CN(C(=O)O)C1. The molecule has 1 heterocycles. The van der Waals surface area contributed by atoms with Gasteiger partial charge in [-0.05, 0) is 0 Å². The third kappa shape index (κ3) is 1.31. The highest BCUT2D eigenvalue weighted by Gasteiger charge is 2.16. The molecule has 0 bridgehead atoms. The van der Waals surface area contributed by atoms with Gasteiger partial charge in [0.25, 0.3) is 0 Å². The van der Waals surface area contributed by atoms with Crippen LogP contribution in [0.15, 0.2) is 4.99 Å². The predicted molar refractivity (Wildman–Crippen MR) is 33.1 cm³/mol. The van der Waals surface area contributed by atoms with Gasteiger partial charge in [-0.1, -0.05) is 0 Å². The number of carbonyl (C=O) groups is 2. The maximum atomic E-state index is 10.6. The zero-order chi connectivity index (χ0) is 7.56. The summed E-state index contributed by atoms with van der Waals surface area (Å²) in [7, 11) is 0. The maximum Gasteiger partial charge on any atom is 0.412 e. The van der Waals surface area contributed by atoms with Crippen molar-refractivity contribution >= 4 is 18.2 Å². The number of carboxylic acid groups (broad SMARTS) is 1. The molecule has 1 N–H and O–H groups in total. The zero-order valence-corrected chi connectivity index (χ0v) is 5.15. The van der Waals surface area contributed by atoms with Crippen molar-refractivity contribution in [2.75, 3.05) is 13.1 Å². The van der Waals surface area contributed by atoms with Crippen molar-refractivity contribution in [1.82, 2.24) is 4.90 Å². The van der Waals surface area contributed by atoms with Crippen molar-refractivity contribution in [3.05, 3.63) is 0 Å². The number of rotatable bonds is 0. The number of amides is 1. The molecule has 0 unspecified atom stereocenters. The summed E-state index contributed by atoms with van der Waals surface area (Å²) < 4.78 is 0. The molecule has 0 saturated carbocycles. The lowest BCUT2D eigenvalue weighted by atomic mass is 10.3. The van der Waals surface area contributed by atoms with Crippen LogP contribution in [0, 0.1) is 0 Å². The fraction of sp³-hybridized carbons (Fsp3) is 0.400. The molecule has 54 valence electrons. The molecule has 0 atom stereocenters. The molecule has 0 radical (unpaired) electrons. The molecule has 0 fully saturated rings. The zero-order valence-electron chi connectivity index (χ0n) is 5.15. The molecule has 0 saturated heterocycles. The van der Waals surface area contributed by atoms with Crippen molar-refractivity contribution in [2.24, 2.45) is 4.99 Å². The first-order valence-electron chi connectivity index (χ1n) is 2.71. The third-order valence-electron chi connectivity index (χ3n) is 1.08. The molecule has 1 aliphatic rings. The van der Waals surface area contributed by atoms with Gasteiger partial charge in [-0.25, -0.2) is 4.79 Å². The van der Waals surface area contributed by atoms with Crippen LogP contribution < -0.4 is 0 Å². The smallest absolute Gasteiger partial charge is 0.412 e. The highest BCUT2D eigenvalue weighted by Crippen LogP contribution is 1.92. The number of carbonyl (C=O) groups excluding carboxylic acids is 1. The molecule has 5 nitrogen and oxygen atoms in total. The second-order valence-corrected chi connectivity index (χ2v) is 1.91. The van der Waals surface area contributed by atoms with Crippen LogP contribution in [0.2, 0.25) is 0 Å². The average Bonchev–Trinajstić information content (AvgIpc) is 1.88. The summed E-state index contributed by atoms with van der Waals surface area (Å²) in [6.45, 7) is 0.0304. The Morgan fingerprint density at radius 2 is 2.50 bits per heavy atom. The predicted octanol–water partition coefficient (Wildman–Crippen LogP) is -0.423. The van der Waals surface area contributed by atoms with Gasteiger partial charge in [-0.15, -0.1) is 0 Å². The second kappa shape index (κ2) is 2.47. The van der Waals surface area contributed by atoms with Crippen LogP contribution in [-0.4, -0.2) is 41.3 Å². The van der Waals surface area contributed by atoms with E-state index in [0.717, 1.165) is 11.2 Å². The summed E-state index contributed by atoms with van der Waals surface area (Å²) >= 11 is 0. The van der Waals surface area contributed by atoms with Crippen molar-refractivity contribution in [1.29, 1.82) is 0 Å². The van der Waals surface area contributed by atoms with Crippen molar-refractivity contribution < 1.29 is 14.7 Å². The van der Waals surface area contributed by atoms with Crippen molar-refractivity contribution in [3.63, 3.8) is 0 Å². The van der Waals surface area contributed by atoms with E-state index in [4.69, 9.17) is 5.11 Å². The molecule has 1 rings (SSSR count). The lowest BCUT2D eigenvalue weighted by Gasteiger charge is -2.14. The van der Waals surface area contributed by atoms with Crippen LogP contribution in [0.1, 0.15) is 0 Å². The van der Waals surface area contributed by atoms with Crippen LogP contribution in [0.3, 0.4) is 0 Å². The first-order chi connectivity index (χ1) is 4.70. The van der Waals surface area contributed by atoms with Crippen LogP contribution >= 0.6 is 0 Å². The lowest BCUT2D eigenvalue weighted by Crippen LogP contribution is -2.37. The van der Waals surface area contributed by atoms with Gasteiger partial charge in [0.05, 0.1) is 12.9 Å². The summed E-state index contributed by atoms with van der Waals surface area (Å²) in [5, 5.41) is 8.34. The number of hydrogen-bond donors (Lipinski definition) is 1. The van der Waals surface area contributed by atoms with Crippen LogP contribution in [0.4, 0.5) is 4.79 Å². The van der Waals surface area contributed by atoms with Gasteiger partial charge < -0.3 is 5.11 Å². The van der Waals surface area contributed by atoms with E-state index in [9.17, 15) is 9.59 Å². The van der Waals surface area contributed by atoms with Gasteiger partial charge in [-0.3, -0.25) is 14.7 Å². The largest absolute Gasteiger partial charge is 0.465 e. The molecule has 5 heteroatoms. The Balaban J connectivity index is 2.64. The van der Waals surface area contributed by atoms with Crippen molar-refractivity contribution in [2.45, 2.75) is 0 Å². The van der Waals surface area contributed by atoms with Gasteiger partial charge in [0.2, 0.25) is 0 Å². The summed E-state index contributed by atoms with van der Waals surface area (Å²) in [6, 6.07) is 0. The molecule has 0 aromatic rings. The molecule has 10 heavy (non-hydrogen) atoms. The maximum absolute atomic E-state index is 10.6. The van der Waals surface area contributed by atoms with Gasteiger partial charge in [0, 0.05) is 0 Å². The molecular weight excluding hydrogens is 136 g/mol. The van der Waals surface area contributed by atoms with E-state index in [2.05, 4.69) is 4.99 Å². The van der Waals surface area contributed by atoms with E-state index in [1.165, 1.54) is 0 Å². The number of hydrogen-bond acceptors (Lipinski definition) is 3. The van der Waals surface area contributed by atoms with Gasteiger partial charge in [0.1, 0.15) is 6.54 Å². The number of aliphatic imine (C=N–C) groups is 1. The summed E-state index contributed by atoms with van der Waals surface area (Å²) in [5.41, 5.74) is 0. The quantitative estimate of drug-likeness (QED) is 0.499. The summed E-state index contributed by atoms with van der Waals surface area (Å²) in [6.07, 6.45) is 0.0146. The Morgan fingerprint density at radius 1 is 1.80 bits per heavy atom. The number of Topliss-reactive ketones (excluding diaryl/α,β-unsaturated/α-hetero) is 1.